The lowest BCUT2D eigenvalue weighted by Gasteiger charge is -2.23. The second-order valence-corrected chi connectivity index (χ2v) is 10.0. The van der Waals surface area contributed by atoms with Gasteiger partial charge in [-0.05, 0) is 60.7 Å². The van der Waals surface area contributed by atoms with Crippen LogP contribution in [0.1, 0.15) is 39.9 Å². The Kier molecular flexibility index (Phi) is 6.81. The second-order valence-electron chi connectivity index (χ2n) is 8.30. The van der Waals surface area contributed by atoms with Crippen LogP contribution >= 0.6 is 0 Å². The molecule has 0 saturated heterocycles. The van der Waals surface area contributed by atoms with Crippen molar-refractivity contribution < 1.29 is 17.9 Å². The molecule has 0 unspecified atom stereocenters. The average molecular weight is 465 g/mol. The van der Waals surface area contributed by atoms with Crippen LogP contribution in [-0.2, 0) is 23.1 Å². The van der Waals surface area contributed by atoms with E-state index in [-0.39, 0.29) is 23.4 Å². The predicted octanol–water partition coefficient (Wildman–Crippen LogP) is 4.29. The summed E-state index contributed by atoms with van der Waals surface area (Å²) in [5.74, 6) is 0.604. The zero-order chi connectivity index (χ0) is 23.4. The first-order chi connectivity index (χ1) is 15.9. The second kappa shape index (κ2) is 9.77. The van der Waals surface area contributed by atoms with Crippen molar-refractivity contribution in [3.05, 3.63) is 95.1 Å². The molecule has 0 atom stereocenters. The van der Waals surface area contributed by atoms with Crippen molar-refractivity contribution in [3.8, 4) is 5.75 Å². The van der Waals surface area contributed by atoms with Gasteiger partial charge in [0, 0.05) is 24.7 Å². The first kappa shape index (κ1) is 23.0. The first-order valence-electron chi connectivity index (χ1n) is 11.0. The Hall–Kier alpha value is -3.16. The van der Waals surface area contributed by atoms with Gasteiger partial charge in [-0.3, -0.25) is 4.79 Å². The van der Waals surface area contributed by atoms with Gasteiger partial charge in [-0.15, -0.1) is 0 Å². The van der Waals surface area contributed by atoms with E-state index in [0.29, 0.717) is 17.7 Å². The highest BCUT2D eigenvalue weighted by molar-refractivity contribution is 7.89. The lowest BCUT2D eigenvalue weighted by molar-refractivity contribution is 0.0729. The van der Waals surface area contributed by atoms with Crippen LogP contribution < -0.4 is 9.46 Å². The van der Waals surface area contributed by atoms with E-state index >= 15 is 0 Å². The summed E-state index contributed by atoms with van der Waals surface area (Å²) in [6.45, 7) is 2.39. The molecular weight excluding hydrogens is 436 g/mol. The number of methoxy groups -OCH3 is 1. The molecule has 3 aromatic carbocycles. The van der Waals surface area contributed by atoms with Crippen LogP contribution in [0, 0.1) is 6.92 Å². The number of nitrogens with zero attached hydrogens (tertiary/aromatic N) is 1. The quantitative estimate of drug-likeness (QED) is 0.513. The highest BCUT2D eigenvalue weighted by Crippen LogP contribution is 2.31. The number of hydrogen-bond acceptors (Lipinski definition) is 4. The first-order valence-corrected chi connectivity index (χ1v) is 12.4. The fraction of sp³-hybridized carbons (Fsp3) is 0.269. The molecule has 1 N–H and O–H groups in total. The number of aryl methyl sites for hydroxylation is 1. The van der Waals surface area contributed by atoms with Crippen LogP contribution in [0.3, 0.4) is 0 Å². The number of benzene rings is 3. The van der Waals surface area contributed by atoms with E-state index in [1.54, 1.807) is 26.2 Å². The lowest BCUT2D eigenvalue weighted by Crippen LogP contribution is -2.33. The molecule has 7 heteroatoms. The third-order valence-corrected chi connectivity index (χ3v) is 7.34. The highest BCUT2D eigenvalue weighted by Gasteiger charge is 2.33. The summed E-state index contributed by atoms with van der Waals surface area (Å²) in [5.41, 5.74) is 2.84. The standard InChI is InChI=1S/C26H28N2O4S/c1-19-8-11-22(16-25(19)33(30,31)27-17-20-6-4-3-5-7-20)26(29)28(23-12-13-23)18-21-9-14-24(32-2)15-10-21/h3-11,14-16,23,27H,12-13,17-18H2,1-2H3. The van der Waals surface area contributed by atoms with Crippen molar-refractivity contribution in [3.63, 3.8) is 0 Å². The monoisotopic (exact) mass is 464 g/mol. The molecule has 4 rings (SSSR count). The topological polar surface area (TPSA) is 75.7 Å². The van der Waals surface area contributed by atoms with Crippen molar-refractivity contribution in [1.29, 1.82) is 0 Å². The molecular formula is C26H28N2O4S. The average Bonchev–Trinajstić information content (AvgIpc) is 3.67. The minimum absolute atomic E-state index is 0.129. The molecule has 0 aromatic heterocycles. The van der Waals surface area contributed by atoms with Crippen LogP contribution in [0.4, 0.5) is 0 Å². The van der Waals surface area contributed by atoms with Gasteiger partial charge in [-0.1, -0.05) is 48.5 Å². The van der Waals surface area contributed by atoms with Crippen molar-refractivity contribution in [2.24, 2.45) is 0 Å². The summed E-state index contributed by atoms with van der Waals surface area (Å²) >= 11 is 0. The summed E-state index contributed by atoms with van der Waals surface area (Å²) in [7, 11) is -2.16. The molecule has 0 aliphatic heterocycles. The highest BCUT2D eigenvalue weighted by atomic mass is 32.2. The molecule has 6 nitrogen and oxygen atoms in total. The third-order valence-electron chi connectivity index (χ3n) is 5.79. The Morgan fingerprint density at radius 2 is 1.70 bits per heavy atom. The van der Waals surface area contributed by atoms with Crippen LogP contribution in [-0.4, -0.2) is 32.4 Å². The Labute approximate surface area is 195 Å². The van der Waals surface area contributed by atoms with E-state index in [2.05, 4.69) is 4.72 Å². The minimum atomic E-state index is -3.78. The van der Waals surface area contributed by atoms with E-state index < -0.39 is 10.0 Å². The van der Waals surface area contributed by atoms with Gasteiger partial charge in [0.1, 0.15) is 5.75 Å². The number of sulfonamides is 1. The minimum Gasteiger partial charge on any atom is -0.497 e. The smallest absolute Gasteiger partial charge is 0.254 e. The predicted molar refractivity (Wildman–Crippen MR) is 128 cm³/mol. The van der Waals surface area contributed by atoms with Crippen LogP contribution in [0.2, 0.25) is 0 Å². The Morgan fingerprint density at radius 3 is 2.33 bits per heavy atom. The Morgan fingerprint density at radius 1 is 1.00 bits per heavy atom. The number of ether oxygens (including phenoxy) is 1. The van der Waals surface area contributed by atoms with E-state index in [4.69, 9.17) is 4.74 Å². The van der Waals surface area contributed by atoms with Crippen LogP contribution in [0.5, 0.6) is 5.75 Å². The SMILES string of the molecule is COc1ccc(CN(C(=O)c2ccc(C)c(S(=O)(=O)NCc3ccccc3)c2)C2CC2)cc1. The zero-order valence-electron chi connectivity index (χ0n) is 18.8. The number of carbonyl (C=O) groups is 1. The zero-order valence-corrected chi connectivity index (χ0v) is 19.6. The Balaban J connectivity index is 1.55. The van der Waals surface area contributed by atoms with Crippen molar-refractivity contribution >= 4 is 15.9 Å². The fourth-order valence-electron chi connectivity index (χ4n) is 3.72. The summed E-state index contributed by atoms with van der Waals surface area (Å²) in [4.78, 5) is 15.4. The van der Waals surface area contributed by atoms with Gasteiger partial charge in [0.15, 0.2) is 0 Å². The van der Waals surface area contributed by atoms with E-state index in [9.17, 15) is 13.2 Å². The van der Waals surface area contributed by atoms with Crippen molar-refractivity contribution in [2.75, 3.05) is 7.11 Å². The van der Waals surface area contributed by atoms with Crippen molar-refractivity contribution in [2.45, 2.75) is 43.8 Å². The molecule has 33 heavy (non-hydrogen) atoms. The number of hydrogen-bond donors (Lipinski definition) is 1. The molecule has 1 aliphatic carbocycles. The Bertz CT molecular complexity index is 1220. The third kappa shape index (κ3) is 5.61. The maximum Gasteiger partial charge on any atom is 0.254 e. The molecule has 1 saturated carbocycles. The van der Waals surface area contributed by atoms with Crippen molar-refractivity contribution in [1.82, 2.24) is 9.62 Å². The summed E-state index contributed by atoms with van der Waals surface area (Å²) in [6, 6.07) is 22.1. The summed E-state index contributed by atoms with van der Waals surface area (Å²) in [5, 5.41) is 0. The number of carbonyl (C=O) groups excluding carboxylic acids is 1. The maximum atomic E-state index is 13.4. The number of amides is 1. The summed E-state index contributed by atoms with van der Waals surface area (Å²) in [6.07, 6.45) is 1.91. The maximum absolute atomic E-state index is 13.4. The molecule has 1 fully saturated rings. The van der Waals surface area contributed by atoms with E-state index in [0.717, 1.165) is 29.7 Å². The van der Waals surface area contributed by atoms with E-state index in [1.165, 1.54) is 6.07 Å². The van der Waals surface area contributed by atoms with Gasteiger partial charge in [0.05, 0.1) is 12.0 Å². The molecule has 3 aromatic rings. The van der Waals surface area contributed by atoms with Gasteiger partial charge in [0.25, 0.3) is 5.91 Å². The van der Waals surface area contributed by atoms with Crippen LogP contribution in [0.15, 0.2) is 77.7 Å². The molecule has 0 bridgehead atoms. The molecule has 1 amide bonds. The molecule has 0 heterocycles. The van der Waals surface area contributed by atoms with Gasteiger partial charge in [0.2, 0.25) is 10.0 Å². The molecule has 0 radical (unpaired) electrons. The molecule has 1 aliphatic rings. The van der Waals surface area contributed by atoms with Gasteiger partial charge in [-0.25, -0.2) is 13.1 Å². The van der Waals surface area contributed by atoms with Gasteiger partial charge < -0.3 is 9.64 Å². The summed E-state index contributed by atoms with van der Waals surface area (Å²) < 4.78 is 33.9. The number of rotatable bonds is 9. The number of nitrogens with one attached hydrogen (secondary N) is 1. The van der Waals surface area contributed by atoms with Gasteiger partial charge >= 0.3 is 0 Å². The van der Waals surface area contributed by atoms with E-state index in [1.807, 2.05) is 59.5 Å². The largest absolute Gasteiger partial charge is 0.497 e. The molecule has 172 valence electrons. The van der Waals surface area contributed by atoms with Gasteiger partial charge in [-0.2, -0.15) is 0 Å². The molecule has 0 spiro atoms. The fourth-order valence-corrected chi connectivity index (χ4v) is 5.01. The lowest BCUT2D eigenvalue weighted by atomic mass is 10.1. The normalized spacial score (nSPS) is 13.5. The van der Waals surface area contributed by atoms with Crippen LogP contribution in [0.25, 0.3) is 0 Å².